The monoisotopic (exact) mass is 193 g/mol. The Morgan fingerprint density at radius 3 is 3.00 bits per heavy atom. The molecule has 0 fully saturated rings. The van der Waals surface area contributed by atoms with Gasteiger partial charge in [0.2, 0.25) is 0 Å². The lowest BCUT2D eigenvalue weighted by Gasteiger charge is -1.97. The van der Waals surface area contributed by atoms with Gasteiger partial charge in [0, 0.05) is 13.1 Å². The Bertz CT molecular complexity index is 458. The Kier molecular flexibility index (Phi) is 1.81. The summed E-state index contributed by atoms with van der Waals surface area (Å²) in [4.78, 5) is 10.8. The highest BCUT2D eigenvalue weighted by Crippen LogP contribution is 2.20. The first-order valence-electron chi connectivity index (χ1n) is 3.86. The zero-order chi connectivity index (χ0) is 10.1. The molecule has 0 bridgehead atoms. The summed E-state index contributed by atoms with van der Waals surface area (Å²) < 4.78 is 6.09. The van der Waals surface area contributed by atoms with E-state index < -0.39 is 5.97 Å². The zero-order valence-electron chi connectivity index (χ0n) is 7.34. The normalized spacial score (nSPS) is 10.4. The molecule has 72 valence electrons. The summed E-state index contributed by atoms with van der Waals surface area (Å²) in [5, 5.41) is 16.4. The molecule has 0 atom stereocenters. The van der Waals surface area contributed by atoms with E-state index in [1.165, 1.54) is 17.1 Å². The van der Waals surface area contributed by atoms with E-state index in [0.717, 1.165) is 0 Å². The third-order valence-electron chi connectivity index (χ3n) is 1.85. The average Bonchev–Trinajstić information content (AvgIpc) is 2.71. The first-order valence-corrected chi connectivity index (χ1v) is 3.86. The summed E-state index contributed by atoms with van der Waals surface area (Å²) in [5.74, 6) is -1.03. The molecule has 0 aliphatic carbocycles. The Labute approximate surface area is 78.7 Å². The number of hydrogen-bond acceptors (Lipinski definition) is 4. The Morgan fingerprint density at radius 2 is 2.43 bits per heavy atom. The van der Waals surface area contributed by atoms with Gasteiger partial charge in [0.25, 0.3) is 0 Å². The molecule has 0 saturated heterocycles. The minimum atomic E-state index is -1.03. The first-order chi connectivity index (χ1) is 6.70. The number of hydrogen-bond donors (Lipinski definition) is 1. The third-order valence-corrected chi connectivity index (χ3v) is 1.85. The van der Waals surface area contributed by atoms with E-state index in [2.05, 4.69) is 14.8 Å². The van der Waals surface area contributed by atoms with Crippen LogP contribution in [0.15, 0.2) is 23.0 Å². The third kappa shape index (κ3) is 1.17. The largest absolute Gasteiger partial charge is 0.478 e. The van der Waals surface area contributed by atoms with Crippen molar-refractivity contribution in [2.75, 3.05) is 0 Å². The average molecular weight is 193 g/mol. The van der Waals surface area contributed by atoms with Gasteiger partial charge in [-0.25, -0.2) is 4.79 Å². The van der Waals surface area contributed by atoms with Crippen LogP contribution in [0.1, 0.15) is 10.4 Å². The Balaban J connectivity index is 2.62. The lowest BCUT2D eigenvalue weighted by Crippen LogP contribution is -2.00. The van der Waals surface area contributed by atoms with Gasteiger partial charge in [-0.3, -0.25) is 4.68 Å². The van der Waals surface area contributed by atoms with Gasteiger partial charge < -0.3 is 9.63 Å². The van der Waals surface area contributed by atoms with Gasteiger partial charge in [-0.05, 0) is 0 Å². The molecule has 2 rings (SSSR count). The molecule has 0 saturated carbocycles. The van der Waals surface area contributed by atoms with Crippen molar-refractivity contribution in [1.82, 2.24) is 14.9 Å². The van der Waals surface area contributed by atoms with Gasteiger partial charge in [0.1, 0.15) is 23.2 Å². The molecule has 0 aliphatic rings. The molecule has 14 heavy (non-hydrogen) atoms. The van der Waals surface area contributed by atoms with Gasteiger partial charge in [0.05, 0.1) is 6.20 Å². The minimum Gasteiger partial charge on any atom is -0.478 e. The Hall–Kier alpha value is -2.11. The fourth-order valence-electron chi connectivity index (χ4n) is 1.23. The SMILES string of the molecule is Cn1ncc(C(=O)O)c1-c1ccon1. The molecule has 2 heterocycles. The summed E-state index contributed by atoms with van der Waals surface area (Å²) in [7, 11) is 1.65. The smallest absolute Gasteiger partial charge is 0.339 e. The standard InChI is InChI=1S/C8H7N3O3/c1-11-7(6-2-3-14-10-6)5(4-9-11)8(12)13/h2-4H,1H3,(H,12,13). The quantitative estimate of drug-likeness (QED) is 0.761. The number of aromatic carboxylic acids is 1. The molecule has 0 aliphatic heterocycles. The molecular weight excluding hydrogens is 186 g/mol. The maximum atomic E-state index is 10.8. The number of carboxylic acid groups (broad SMARTS) is 1. The van der Waals surface area contributed by atoms with Crippen LogP contribution in [0.2, 0.25) is 0 Å². The molecular formula is C8H7N3O3. The van der Waals surface area contributed by atoms with Crippen molar-refractivity contribution in [3.05, 3.63) is 24.1 Å². The van der Waals surface area contributed by atoms with Gasteiger partial charge in [-0.2, -0.15) is 5.10 Å². The van der Waals surface area contributed by atoms with Crippen molar-refractivity contribution >= 4 is 5.97 Å². The summed E-state index contributed by atoms with van der Waals surface area (Å²) in [6, 6.07) is 1.59. The number of aryl methyl sites for hydroxylation is 1. The number of nitrogens with zero attached hydrogens (tertiary/aromatic N) is 3. The zero-order valence-corrected chi connectivity index (χ0v) is 7.34. The van der Waals surface area contributed by atoms with Crippen molar-refractivity contribution < 1.29 is 14.4 Å². The maximum absolute atomic E-state index is 10.8. The van der Waals surface area contributed by atoms with Crippen molar-refractivity contribution in [3.8, 4) is 11.4 Å². The number of aromatic nitrogens is 3. The maximum Gasteiger partial charge on any atom is 0.339 e. The van der Waals surface area contributed by atoms with Gasteiger partial charge in [-0.1, -0.05) is 5.16 Å². The lowest BCUT2D eigenvalue weighted by atomic mass is 10.2. The molecule has 0 radical (unpaired) electrons. The van der Waals surface area contributed by atoms with Gasteiger partial charge in [0.15, 0.2) is 0 Å². The highest BCUT2D eigenvalue weighted by Gasteiger charge is 2.18. The molecule has 0 spiro atoms. The van der Waals surface area contributed by atoms with Crippen LogP contribution < -0.4 is 0 Å². The number of carbonyl (C=O) groups is 1. The minimum absolute atomic E-state index is 0.112. The first kappa shape index (κ1) is 8.49. The van der Waals surface area contributed by atoms with Crippen molar-refractivity contribution in [3.63, 3.8) is 0 Å². The van der Waals surface area contributed by atoms with E-state index in [-0.39, 0.29) is 5.56 Å². The molecule has 0 unspecified atom stereocenters. The van der Waals surface area contributed by atoms with Crippen LogP contribution >= 0.6 is 0 Å². The van der Waals surface area contributed by atoms with Crippen LogP contribution in [0.25, 0.3) is 11.4 Å². The second-order valence-corrected chi connectivity index (χ2v) is 2.72. The van der Waals surface area contributed by atoms with Crippen molar-refractivity contribution in [2.24, 2.45) is 7.05 Å². The molecule has 2 aromatic heterocycles. The van der Waals surface area contributed by atoms with Gasteiger partial charge in [-0.15, -0.1) is 0 Å². The predicted molar refractivity (Wildman–Crippen MR) is 45.7 cm³/mol. The van der Waals surface area contributed by atoms with Crippen LogP contribution in [0.5, 0.6) is 0 Å². The van der Waals surface area contributed by atoms with E-state index in [1.807, 2.05) is 0 Å². The van der Waals surface area contributed by atoms with E-state index in [4.69, 9.17) is 5.11 Å². The second kappa shape index (κ2) is 2.99. The summed E-state index contributed by atoms with van der Waals surface area (Å²) in [6.45, 7) is 0. The summed E-state index contributed by atoms with van der Waals surface area (Å²) >= 11 is 0. The van der Waals surface area contributed by atoms with E-state index in [1.54, 1.807) is 13.1 Å². The van der Waals surface area contributed by atoms with E-state index in [9.17, 15) is 4.79 Å². The molecule has 6 nitrogen and oxygen atoms in total. The molecule has 0 amide bonds. The van der Waals surface area contributed by atoms with Crippen LogP contribution in [0.4, 0.5) is 0 Å². The highest BCUT2D eigenvalue weighted by atomic mass is 16.5. The number of rotatable bonds is 2. The summed E-state index contributed by atoms with van der Waals surface area (Å²) in [6.07, 6.45) is 2.67. The topological polar surface area (TPSA) is 81.2 Å². The predicted octanol–water partition coefficient (Wildman–Crippen LogP) is 0.773. The molecule has 1 N–H and O–H groups in total. The van der Waals surface area contributed by atoms with Crippen LogP contribution in [-0.4, -0.2) is 26.0 Å². The second-order valence-electron chi connectivity index (χ2n) is 2.72. The van der Waals surface area contributed by atoms with E-state index >= 15 is 0 Å². The summed E-state index contributed by atoms with van der Waals surface area (Å²) in [5.41, 5.74) is 1.01. The van der Waals surface area contributed by atoms with E-state index in [0.29, 0.717) is 11.4 Å². The van der Waals surface area contributed by atoms with Crippen molar-refractivity contribution in [2.45, 2.75) is 0 Å². The lowest BCUT2D eigenvalue weighted by molar-refractivity contribution is 0.0697. The van der Waals surface area contributed by atoms with Crippen LogP contribution in [0.3, 0.4) is 0 Å². The molecule has 6 heteroatoms. The fraction of sp³-hybridized carbons (Fsp3) is 0.125. The van der Waals surface area contributed by atoms with Crippen LogP contribution in [0, 0.1) is 0 Å². The number of carboxylic acids is 1. The van der Waals surface area contributed by atoms with Crippen LogP contribution in [-0.2, 0) is 7.05 Å². The van der Waals surface area contributed by atoms with Gasteiger partial charge >= 0.3 is 5.97 Å². The highest BCUT2D eigenvalue weighted by molar-refractivity contribution is 5.94. The fourth-order valence-corrected chi connectivity index (χ4v) is 1.23. The molecule has 2 aromatic rings. The molecule has 0 aromatic carbocycles. The Morgan fingerprint density at radius 1 is 1.64 bits per heavy atom. The van der Waals surface area contributed by atoms with Crippen molar-refractivity contribution in [1.29, 1.82) is 0 Å².